The van der Waals surface area contributed by atoms with Gasteiger partial charge >= 0.3 is 211 Å². The van der Waals surface area contributed by atoms with Crippen LogP contribution in [-0.2, 0) is 9.53 Å². The zero-order chi connectivity index (χ0) is 24.6. The molecule has 2 aliphatic heterocycles. The van der Waals surface area contributed by atoms with Crippen molar-refractivity contribution in [1.29, 1.82) is 0 Å². The Bertz CT molecular complexity index is 736. The zero-order valence-electron chi connectivity index (χ0n) is 22.0. The minimum absolute atomic E-state index is 0.0344. The summed E-state index contributed by atoms with van der Waals surface area (Å²) < 4.78 is 30.2. The number of oxazole rings is 1. The van der Waals surface area contributed by atoms with E-state index in [1.54, 1.807) is 0 Å². The first-order valence-corrected chi connectivity index (χ1v) is 21.4. The van der Waals surface area contributed by atoms with Crippen LogP contribution in [0.25, 0.3) is 0 Å². The number of esters is 1. The number of rotatable bonds is 15. The molecule has 0 amide bonds. The van der Waals surface area contributed by atoms with Gasteiger partial charge in [0.1, 0.15) is 0 Å². The Kier molecular flexibility index (Phi) is 11.2. The van der Waals surface area contributed by atoms with Crippen LogP contribution in [0.5, 0.6) is 0 Å². The molecule has 0 radical (unpaired) electrons. The second-order valence-electron chi connectivity index (χ2n) is 10.6. The number of hydrogen-bond donors (Lipinski definition) is 0. The summed E-state index contributed by atoms with van der Waals surface area (Å²) in [5.41, 5.74) is 0. The van der Waals surface area contributed by atoms with Gasteiger partial charge in [-0.25, -0.2) is 0 Å². The summed E-state index contributed by atoms with van der Waals surface area (Å²) in [5, 5.41) is 0. The van der Waals surface area contributed by atoms with Crippen molar-refractivity contribution in [1.82, 2.24) is 9.88 Å². The minimum atomic E-state index is -2.71. The monoisotopic (exact) mass is 586 g/mol. The standard InChI is InChI=1S/C15H20FN2O3.3C4H9.Sn/c1-20-15(19)13-11(14-17-6-8-21-14)9-10-3-4-12(13)18(10)7-2-5-16;3*1-3-4-2;/h6,10-13H,2-5,7,9H2,1H3;3*1,3-4H2,2H3;/t10-,11?,12+,13-;;;;/m0..../s1. The van der Waals surface area contributed by atoms with Crippen molar-refractivity contribution >= 4 is 28.1 Å². The third-order valence-electron chi connectivity index (χ3n) is 8.48. The van der Waals surface area contributed by atoms with Gasteiger partial charge in [0.2, 0.25) is 0 Å². The maximum absolute atomic E-state index is 13.0. The number of unbranched alkanes of at least 4 members (excludes halogenated alkanes) is 3. The van der Waals surface area contributed by atoms with Crippen LogP contribution >= 0.6 is 0 Å². The van der Waals surface area contributed by atoms with Gasteiger partial charge < -0.3 is 0 Å². The molecule has 2 saturated heterocycles. The molecule has 4 atom stereocenters. The molecule has 7 heteroatoms. The predicted octanol–water partition coefficient (Wildman–Crippen LogP) is 6.20. The Morgan fingerprint density at radius 2 is 1.76 bits per heavy atom. The summed E-state index contributed by atoms with van der Waals surface area (Å²) in [6.07, 6.45) is 13.0. The number of nitrogens with zero attached hydrogens (tertiary/aromatic N) is 2. The van der Waals surface area contributed by atoms with E-state index in [9.17, 15) is 9.18 Å². The summed E-state index contributed by atoms with van der Waals surface area (Å²) in [6, 6.07) is 0.484. The van der Waals surface area contributed by atoms with Gasteiger partial charge in [0.25, 0.3) is 0 Å². The first kappa shape index (κ1) is 27.9. The molecule has 0 spiro atoms. The summed E-state index contributed by atoms with van der Waals surface area (Å²) in [5.74, 6) is 0.283. The number of fused-ring (bicyclic) bond motifs is 2. The molecule has 194 valence electrons. The Morgan fingerprint density at radius 3 is 2.32 bits per heavy atom. The molecule has 0 N–H and O–H groups in total. The van der Waals surface area contributed by atoms with E-state index in [1.165, 1.54) is 62.7 Å². The molecule has 0 aromatic carbocycles. The zero-order valence-corrected chi connectivity index (χ0v) is 24.8. The number of alkyl halides is 1. The van der Waals surface area contributed by atoms with E-state index in [0.29, 0.717) is 19.0 Å². The van der Waals surface area contributed by atoms with Gasteiger partial charge in [-0.05, 0) is 0 Å². The average molecular weight is 585 g/mol. The fraction of sp³-hybridized carbons (Fsp3) is 0.852. The van der Waals surface area contributed by atoms with E-state index in [0.717, 1.165) is 25.2 Å². The van der Waals surface area contributed by atoms with E-state index >= 15 is 0 Å². The Hall–Kier alpha value is -0.631. The van der Waals surface area contributed by atoms with Gasteiger partial charge in [-0.1, -0.05) is 0 Å². The van der Waals surface area contributed by atoms with Crippen molar-refractivity contribution < 1.29 is 18.3 Å². The number of methoxy groups -OCH3 is 1. The van der Waals surface area contributed by atoms with Crippen molar-refractivity contribution in [3.8, 4) is 0 Å². The molecule has 2 fully saturated rings. The molecule has 0 saturated carbocycles. The molecular weight excluding hydrogens is 538 g/mol. The molecule has 2 bridgehead atoms. The van der Waals surface area contributed by atoms with E-state index in [-0.39, 0.29) is 30.5 Å². The summed E-state index contributed by atoms with van der Waals surface area (Å²) in [6.45, 7) is 7.27. The van der Waals surface area contributed by atoms with Crippen LogP contribution in [0.3, 0.4) is 0 Å². The van der Waals surface area contributed by atoms with Crippen molar-refractivity contribution in [3.05, 3.63) is 12.1 Å². The van der Waals surface area contributed by atoms with Crippen molar-refractivity contribution in [3.63, 3.8) is 0 Å². The van der Waals surface area contributed by atoms with E-state index in [2.05, 4.69) is 31.9 Å². The number of piperidine rings is 1. The molecule has 0 aliphatic carbocycles. The summed E-state index contributed by atoms with van der Waals surface area (Å²) >= 11 is -2.71. The van der Waals surface area contributed by atoms with Gasteiger partial charge in [0.15, 0.2) is 0 Å². The molecule has 3 heterocycles. The number of aromatic nitrogens is 1. The molecule has 1 aromatic rings. The SMILES string of the molecule is CCC[CH2][Sn]([CH2]CCC)([CH2]CCC)[c]1cnc(C2C[C@@H]3CC[C@H]([C@H]2C(=O)OC)N3CCCF)o1. The first-order chi connectivity index (χ1) is 16.5. The van der Waals surface area contributed by atoms with Crippen LogP contribution < -0.4 is 3.78 Å². The molecule has 2 aliphatic rings. The van der Waals surface area contributed by atoms with Gasteiger partial charge in [-0.15, -0.1) is 0 Å². The molecule has 3 rings (SSSR count). The molecular formula is C27H47FN2O3Sn. The van der Waals surface area contributed by atoms with Crippen LogP contribution in [0.1, 0.15) is 96.8 Å². The number of halogens is 1. The topological polar surface area (TPSA) is 55.6 Å². The Labute approximate surface area is 210 Å². The fourth-order valence-electron chi connectivity index (χ4n) is 6.61. The maximum atomic E-state index is 13.0. The van der Waals surface area contributed by atoms with Gasteiger partial charge in [0, 0.05) is 0 Å². The third-order valence-corrected chi connectivity index (χ3v) is 23.3. The first-order valence-electron chi connectivity index (χ1n) is 13.9. The van der Waals surface area contributed by atoms with Gasteiger partial charge in [-0.2, -0.15) is 0 Å². The number of carbonyl (C=O) groups excluding carboxylic acids is 1. The van der Waals surface area contributed by atoms with Crippen molar-refractivity contribution in [2.75, 3.05) is 20.3 Å². The van der Waals surface area contributed by atoms with Gasteiger partial charge in [-0.3, -0.25) is 0 Å². The Balaban J connectivity index is 1.91. The summed E-state index contributed by atoms with van der Waals surface area (Å²) in [4.78, 5) is 20.3. The van der Waals surface area contributed by atoms with Crippen molar-refractivity contribution in [2.24, 2.45) is 5.92 Å². The average Bonchev–Trinajstić information content (AvgIpc) is 3.45. The van der Waals surface area contributed by atoms with Crippen LogP contribution in [0.2, 0.25) is 13.3 Å². The number of hydrogen-bond acceptors (Lipinski definition) is 5. The number of carbonyl (C=O) groups is 1. The fourth-order valence-corrected chi connectivity index (χ4v) is 21.6. The predicted molar refractivity (Wildman–Crippen MR) is 138 cm³/mol. The quantitative estimate of drug-likeness (QED) is 0.181. The molecule has 1 unspecified atom stereocenters. The molecule has 34 heavy (non-hydrogen) atoms. The van der Waals surface area contributed by atoms with Crippen LogP contribution in [0.4, 0.5) is 4.39 Å². The van der Waals surface area contributed by atoms with E-state index in [4.69, 9.17) is 14.1 Å². The third kappa shape index (κ3) is 6.19. The normalized spacial score (nSPS) is 25.1. The second kappa shape index (κ2) is 13.6. The van der Waals surface area contributed by atoms with Crippen molar-refractivity contribution in [2.45, 2.75) is 116 Å². The molecule has 1 aromatic heterocycles. The number of ether oxygens (including phenoxy) is 1. The molecule has 5 nitrogen and oxygen atoms in total. The van der Waals surface area contributed by atoms with Gasteiger partial charge in [0.05, 0.1) is 0 Å². The van der Waals surface area contributed by atoms with E-state index in [1.807, 2.05) is 0 Å². The van der Waals surface area contributed by atoms with Crippen LogP contribution in [0, 0.1) is 5.92 Å². The van der Waals surface area contributed by atoms with E-state index < -0.39 is 18.4 Å². The summed E-state index contributed by atoms with van der Waals surface area (Å²) in [7, 11) is 1.48. The Morgan fingerprint density at radius 1 is 1.12 bits per heavy atom. The van der Waals surface area contributed by atoms with Crippen LogP contribution in [-0.4, -0.2) is 66.6 Å². The van der Waals surface area contributed by atoms with Crippen LogP contribution in [0.15, 0.2) is 10.6 Å². The second-order valence-corrected chi connectivity index (χ2v) is 23.6.